The van der Waals surface area contributed by atoms with Gasteiger partial charge in [-0.05, 0) is 25.5 Å². The quantitative estimate of drug-likeness (QED) is 0.420. The molecule has 2 aromatic rings. The Bertz CT molecular complexity index is 1030. The molecule has 0 radical (unpaired) electrons. The summed E-state index contributed by atoms with van der Waals surface area (Å²) in [4.78, 5) is 38.7. The molecule has 144 valence electrons. The number of anilines is 1. The number of aromatic nitrogens is 1. The van der Waals surface area contributed by atoms with Gasteiger partial charge in [-0.25, -0.2) is 19.1 Å². The van der Waals surface area contributed by atoms with E-state index in [1.807, 2.05) is 0 Å². The molecule has 0 saturated carbocycles. The third-order valence-corrected chi connectivity index (χ3v) is 3.91. The first-order valence-corrected chi connectivity index (χ1v) is 8.08. The largest absolute Gasteiger partial charge is 0.437 e. The van der Waals surface area contributed by atoms with Crippen molar-refractivity contribution in [2.24, 2.45) is 0 Å². The number of imide groups is 1. The van der Waals surface area contributed by atoms with Crippen LogP contribution in [0.4, 0.5) is 20.6 Å². The van der Waals surface area contributed by atoms with Crippen LogP contribution in [0.1, 0.15) is 13.8 Å². The number of ether oxygens (including phenoxy) is 2. The normalized spacial score (nSPS) is 13.6. The van der Waals surface area contributed by atoms with Gasteiger partial charge in [0.25, 0.3) is 5.69 Å². The summed E-state index contributed by atoms with van der Waals surface area (Å²) in [5, 5.41) is 10.5. The van der Waals surface area contributed by atoms with Crippen LogP contribution in [-0.2, 0) is 9.53 Å². The maximum atomic E-state index is 14.4. The number of cyclic esters (lactones) is 1. The Morgan fingerprint density at radius 1 is 1.32 bits per heavy atom. The van der Waals surface area contributed by atoms with Crippen LogP contribution in [0, 0.1) is 15.9 Å². The van der Waals surface area contributed by atoms with Crippen molar-refractivity contribution in [2.45, 2.75) is 13.8 Å². The van der Waals surface area contributed by atoms with E-state index < -0.39 is 28.4 Å². The van der Waals surface area contributed by atoms with Gasteiger partial charge in [-0.1, -0.05) is 11.6 Å². The van der Waals surface area contributed by atoms with Gasteiger partial charge >= 0.3 is 12.0 Å². The number of carbonyl (C=O) groups excluding carboxylic acids is 2. The molecular formula is C17H11ClFN3O6. The molecule has 1 aromatic heterocycles. The summed E-state index contributed by atoms with van der Waals surface area (Å²) in [5.74, 6) is -2.16. The second-order valence-electron chi connectivity index (χ2n) is 5.79. The topological polar surface area (TPSA) is 112 Å². The first-order chi connectivity index (χ1) is 13.2. The van der Waals surface area contributed by atoms with Gasteiger partial charge in [0.1, 0.15) is 17.8 Å². The molecule has 9 nitrogen and oxygen atoms in total. The van der Waals surface area contributed by atoms with Crippen LogP contribution in [0.3, 0.4) is 0 Å². The van der Waals surface area contributed by atoms with E-state index in [1.54, 1.807) is 13.8 Å². The second-order valence-corrected chi connectivity index (χ2v) is 6.19. The van der Waals surface area contributed by atoms with Crippen LogP contribution in [0.25, 0.3) is 0 Å². The Morgan fingerprint density at radius 2 is 2.04 bits per heavy atom. The molecule has 1 aliphatic rings. The predicted octanol–water partition coefficient (Wildman–Crippen LogP) is 4.35. The van der Waals surface area contributed by atoms with E-state index in [0.717, 1.165) is 24.4 Å². The van der Waals surface area contributed by atoms with Gasteiger partial charge in [0.15, 0.2) is 5.76 Å². The van der Waals surface area contributed by atoms with E-state index >= 15 is 0 Å². The number of nitro groups is 1. The lowest BCUT2D eigenvalue weighted by Crippen LogP contribution is -2.29. The van der Waals surface area contributed by atoms with Gasteiger partial charge in [0.2, 0.25) is 5.88 Å². The lowest BCUT2D eigenvalue weighted by Gasteiger charge is -2.14. The van der Waals surface area contributed by atoms with E-state index in [-0.39, 0.29) is 28.1 Å². The summed E-state index contributed by atoms with van der Waals surface area (Å²) in [6.45, 7) is 3.13. The molecule has 1 aromatic carbocycles. The third kappa shape index (κ3) is 3.49. The molecule has 2 heterocycles. The minimum Gasteiger partial charge on any atom is -0.437 e. The van der Waals surface area contributed by atoms with Crippen LogP contribution in [0.15, 0.2) is 41.8 Å². The van der Waals surface area contributed by atoms with Crippen molar-refractivity contribution in [3.63, 3.8) is 0 Å². The maximum absolute atomic E-state index is 14.4. The van der Waals surface area contributed by atoms with Crippen LogP contribution in [0.2, 0.25) is 5.02 Å². The number of hydrogen-bond acceptors (Lipinski definition) is 7. The monoisotopic (exact) mass is 407 g/mol. The number of amides is 2. The average Bonchev–Trinajstić information content (AvgIpc) is 2.92. The molecule has 0 N–H and O–H groups in total. The summed E-state index contributed by atoms with van der Waals surface area (Å²) in [5.41, 5.74) is -0.229. The fourth-order valence-corrected chi connectivity index (χ4v) is 2.50. The molecule has 0 bridgehead atoms. The predicted molar refractivity (Wildman–Crippen MR) is 94.7 cm³/mol. The molecule has 11 heteroatoms. The summed E-state index contributed by atoms with van der Waals surface area (Å²) in [6.07, 6.45) is -0.0994. The van der Waals surface area contributed by atoms with E-state index in [1.165, 1.54) is 6.07 Å². The van der Waals surface area contributed by atoms with Crippen molar-refractivity contribution in [1.29, 1.82) is 0 Å². The van der Waals surface area contributed by atoms with Gasteiger partial charge in [0, 0.05) is 18.2 Å². The van der Waals surface area contributed by atoms with Gasteiger partial charge in [-0.15, -0.1) is 0 Å². The Morgan fingerprint density at radius 3 is 2.57 bits per heavy atom. The average molecular weight is 408 g/mol. The fourth-order valence-electron chi connectivity index (χ4n) is 2.31. The zero-order valence-corrected chi connectivity index (χ0v) is 15.2. The Kier molecular flexibility index (Phi) is 4.97. The molecule has 0 unspecified atom stereocenters. The van der Waals surface area contributed by atoms with Crippen molar-refractivity contribution in [3.05, 3.63) is 62.7 Å². The standard InChI is InChI=1S/C17H11ClFN3O6/c1-8(2)15-16(23)21(17(24)28-15)12-6-13(10(18)5-11(12)19)27-14-4-3-9(7-20-14)22(25)26/h3-7H,1-2H3. The fraction of sp³-hybridized carbons (Fsp3) is 0.118. The number of hydrogen-bond donors (Lipinski definition) is 0. The highest BCUT2D eigenvalue weighted by atomic mass is 35.5. The van der Waals surface area contributed by atoms with E-state index in [0.29, 0.717) is 10.5 Å². The van der Waals surface area contributed by atoms with E-state index in [4.69, 9.17) is 21.1 Å². The Balaban J connectivity index is 1.97. The van der Waals surface area contributed by atoms with Crippen LogP contribution < -0.4 is 9.64 Å². The van der Waals surface area contributed by atoms with Crippen molar-refractivity contribution < 1.29 is 28.4 Å². The smallest absolute Gasteiger partial charge is 0.427 e. The van der Waals surface area contributed by atoms with Gasteiger partial charge < -0.3 is 9.47 Å². The highest BCUT2D eigenvalue weighted by molar-refractivity contribution is 6.32. The molecule has 1 aliphatic heterocycles. The van der Waals surface area contributed by atoms with Gasteiger partial charge in [0.05, 0.1) is 15.6 Å². The molecule has 3 rings (SSSR count). The SMILES string of the molecule is CC(C)=C1OC(=O)N(c2cc(Oc3ccc([N+](=O)[O-])cn3)c(Cl)cc2F)C1=O. The number of benzene rings is 1. The molecular weight excluding hydrogens is 397 g/mol. The minimum atomic E-state index is -1.07. The zero-order valence-electron chi connectivity index (χ0n) is 14.4. The molecule has 1 saturated heterocycles. The molecule has 0 spiro atoms. The lowest BCUT2D eigenvalue weighted by atomic mass is 10.2. The first-order valence-electron chi connectivity index (χ1n) is 7.70. The number of allylic oxidation sites excluding steroid dienone is 1. The highest BCUT2D eigenvalue weighted by Crippen LogP contribution is 2.37. The molecule has 2 amide bonds. The van der Waals surface area contributed by atoms with Crippen LogP contribution in [-0.4, -0.2) is 21.9 Å². The van der Waals surface area contributed by atoms with Crippen molar-refractivity contribution in [2.75, 3.05) is 4.90 Å². The molecule has 0 aliphatic carbocycles. The first kappa shape index (κ1) is 19.2. The van der Waals surface area contributed by atoms with E-state index in [9.17, 15) is 24.1 Å². The van der Waals surface area contributed by atoms with Crippen molar-refractivity contribution in [1.82, 2.24) is 4.98 Å². The summed E-state index contributed by atoms with van der Waals surface area (Å²) >= 11 is 5.96. The third-order valence-electron chi connectivity index (χ3n) is 3.61. The maximum Gasteiger partial charge on any atom is 0.427 e. The highest BCUT2D eigenvalue weighted by Gasteiger charge is 2.40. The summed E-state index contributed by atoms with van der Waals surface area (Å²) < 4.78 is 24.7. The molecule has 28 heavy (non-hydrogen) atoms. The van der Waals surface area contributed by atoms with Crippen LogP contribution in [0.5, 0.6) is 11.6 Å². The number of halogens is 2. The lowest BCUT2D eigenvalue weighted by molar-refractivity contribution is -0.385. The Labute approximate surface area is 162 Å². The van der Waals surface area contributed by atoms with Crippen molar-refractivity contribution >= 4 is 35.0 Å². The molecule has 0 atom stereocenters. The Hall–Kier alpha value is -3.53. The number of nitrogens with zero attached hydrogens (tertiary/aromatic N) is 3. The number of carbonyl (C=O) groups is 2. The summed E-state index contributed by atoms with van der Waals surface area (Å²) in [6, 6.07) is 4.27. The zero-order chi connectivity index (χ0) is 20.6. The van der Waals surface area contributed by atoms with Gasteiger partial charge in [-0.2, -0.15) is 0 Å². The number of pyridine rings is 1. The second kappa shape index (κ2) is 7.24. The summed E-state index contributed by atoms with van der Waals surface area (Å²) in [7, 11) is 0. The van der Waals surface area contributed by atoms with Crippen LogP contribution >= 0.6 is 11.6 Å². The van der Waals surface area contributed by atoms with Crippen molar-refractivity contribution in [3.8, 4) is 11.6 Å². The minimum absolute atomic E-state index is 0.0645. The molecule has 1 fully saturated rings. The number of rotatable bonds is 4. The van der Waals surface area contributed by atoms with Gasteiger partial charge in [-0.3, -0.25) is 14.9 Å². The van der Waals surface area contributed by atoms with E-state index in [2.05, 4.69) is 4.98 Å².